The Bertz CT molecular complexity index is 769. The maximum absolute atomic E-state index is 13.2. The molecule has 9 heteroatoms. The number of anilines is 1. The van der Waals surface area contributed by atoms with E-state index in [0.29, 0.717) is 25.0 Å². The first-order chi connectivity index (χ1) is 14.1. The van der Waals surface area contributed by atoms with Crippen molar-refractivity contribution < 1.29 is 24.3 Å². The third-order valence-electron chi connectivity index (χ3n) is 4.58. The molecular weight excluding hydrogens is 406 g/mol. The number of carboxylic acid groups (broad SMARTS) is 1. The van der Waals surface area contributed by atoms with E-state index in [2.05, 4.69) is 10.6 Å². The lowest BCUT2D eigenvalue weighted by Gasteiger charge is -2.22. The van der Waals surface area contributed by atoms with Gasteiger partial charge in [0.2, 0.25) is 6.41 Å². The summed E-state index contributed by atoms with van der Waals surface area (Å²) in [4.78, 5) is 48.7. The molecule has 1 aromatic carbocycles. The Balaban J connectivity index is 3.49. The quantitative estimate of drug-likeness (QED) is 0.257. The average Bonchev–Trinajstić information content (AvgIpc) is 2.69. The van der Waals surface area contributed by atoms with Crippen molar-refractivity contribution in [3.05, 3.63) is 29.3 Å². The molecule has 3 atom stereocenters. The van der Waals surface area contributed by atoms with Gasteiger partial charge in [-0.15, -0.1) is 0 Å². The van der Waals surface area contributed by atoms with E-state index in [-0.39, 0.29) is 22.7 Å². The third kappa shape index (κ3) is 7.14. The van der Waals surface area contributed by atoms with Crippen LogP contribution in [-0.4, -0.2) is 59.2 Å². The van der Waals surface area contributed by atoms with Crippen molar-refractivity contribution in [2.24, 2.45) is 11.7 Å². The van der Waals surface area contributed by atoms with Crippen molar-refractivity contribution in [1.82, 2.24) is 5.32 Å². The molecular formula is C21H31N3O5S. The zero-order chi connectivity index (χ0) is 22.8. The van der Waals surface area contributed by atoms with Gasteiger partial charge in [-0.25, -0.2) is 0 Å². The van der Waals surface area contributed by atoms with Gasteiger partial charge in [-0.05, 0) is 43.8 Å². The van der Waals surface area contributed by atoms with Crippen molar-refractivity contribution in [2.75, 3.05) is 17.3 Å². The van der Waals surface area contributed by atoms with Crippen LogP contribution >= 0.6 is 11.8 Å². The van der Waals surface area contributed by atoms with Gasteiger partial charge >= 0.3 is 5.97 Å². The molecule has 0 aliphatic heterocycles. The molecule has 0 bridgehead atoms. The Morgan fingerprint density at radius 3 is 2.40 bits per heavy atom. The second kappa shape index (κ2) is 12.3. The fourth-order valence-corrected chi connectivity index (χ4v) is 3.51. The summed E-state index contributed by atoms with van der Waals surface area (Å²) in [6, 6.07) is 2.01. The van der Waals surface area contributed by atoms with E-state index in [4.69, 9.17) is 5.73 Å². The second-order valence-electron chi connectivity index (χ2n) is 7.52. The van der Waals surface area contributed by atoms with Crippen molar-refractivity contribution in [3.63, 3.8) is 0 Å². The number of amides is 1. The van der Waals surface area contributed by atoms with Crippen molar-refractivity contribution in [3.8, 4) is 0 Å². The number of carbonyl (C=O) groups is 4. The number of nitrogens with one attached hydrogen (secondary N) is 2. The van der Waals surface area contributed by atoms with E-state index < -0.39 is 35.7 Å². The van der Waals surface area contributed by atoms with E-state index >= 15 is 0 Å². The van der Waals surface area contributed by atoms with Crippen LogP contribution in [0.2, 0.25) is 0 Å². The zero-order valence-electron chi connectivity index (χ0n) is 17.8. The SMILES string of the molecule is CSCCC(NC=O)C(=O)c1cccc(NC(C)C(=O)O)c1C(=O)C(N)CC(C)C. The van der Waals surface area contributed by atoms with Crippen molar-refractivity contribution in [1.29, 1.82) is 0 Å². The number of thioether (sulfide) groups is 1. The number of hydrogen-bond donors (Lipinski definition) is 4. The molecule has 0 aromatic heterocycles. The molecule has 1 amide bonds. The van der Waals surface area contributed by atoms with E-state index in [1.807, 2.05) is 20.1 Å². The van der Waals surface area contributed by atoms with E-state index in [1.54, 1.807) is 12.1 Å². The molecule has 30 heavy (non-hydrogen) atoms. The Hall–Kier alpha value is -2.39. The first kappa shape index (κ1) is 25.6. The van der Waals surface area contributed by atoms with Gasteiger partial charge in [0.1, 0.15) is 6.04 Å². The molecule has 1 aromatic rings. The summed E-state index contributed by atoms with van der Waals surface area (Å²) in [5, 5.41) is 14.6. The van der Waals surface area contributed by atoms with Gasteiger partial charge in [0, 0.05) is 11.3 Å². The number of Topliss-reactive ketones (excluding diaryl/α,β-unsaturated/α-hetero) is 2. The minimum Gasteiger partial charge on any atom is -0.480 e. The fourth-order valence-electron chi connectivity index (χ4n) is 3.03. The lowest BCUT2D eigenvalue weighted by Crippen LogP contribution is -2.39. The summed E-state index contributed by atoms with van der Waals surface area (Å²) >= 11 is 1.53. The maximum Gasteiger partial charge on any atom is 0.325 e. The van der Waals surface area contributed by atoms with E-state index in [1.165, 1.54) is 24.8 Å². The number of carbonyl (C=O) groups excluding carboxylic acids is 3. The summed E-state index contributed by atoms with van der Waals surface area (Å²) < 4.78 is 0. The summed E-state index contributed by atoms with van der Waals surface area (Å²) in [5.41, 5.74) is 6.52. The number of nitrogens with two attached hydrogens (primary N) is 1. The average molecular weight is 438 g/mol. The summed E-state index contributed by atoms with van der Waals surface area (Å²) in [6.07, 6.45) is 3.16. The minimum atomic E-state index is -1.10. The Labute approximate surface area is 181 Å². The number of ketones is 2. The normalized spacial score (nSPS) is 13.9. The van der Waals surface area contributed by atoms with E-state index in [9.17, 15) is 24.3 Å². The molecule has 8 nitrogen and oxygen atoms in total. The molecule has 0 saturated heterocycles. The van der Waals surface area contributed by atoms with Crippen LogP contribution in [0.25, 0.3) is 0 Å². The highest BCUT2D eigenvalue weighted by molar-refractivity contribution is 7.98. The third-order valence-corrected chi connectivity index (χ3v) is 5.22. The van der Waals surface area contributed by atoms with Gasteiger partial charge in [-0.2, -0.15) is 11.8 Å². The summed E-state index contributed by atoms with van der Waals surface area (Å²) in [5.74, 6) is -1.16. The highest BCUT2D eigenvalue weighted by atomic mass is 32.2. The molecule has 0 fully saturated rings. The van der Waals surface area contributed by atoms with Crippen molar-refractivity contribution >= 4 is 41.4 Å². The van der Waals surface area contributed by atoms with Crippen LogP contribution in [0.5, 0.6) is 0 Å². The predicted octanol–water partition coefficient (Wildman–Crippen LogP) is 2.18. The van der Waals surface area contributed by atoms with Gasteiger partial charge in [0.15, 0.2) is 11.6 Å². The largest absolute Gasteiger partial charge is 0.480 e. The van der Waals surface area contributed by atoms with Gasteiger partial charge < -0.3 is 21.5 Å². The Morgan fingerprint density at radius 2 is 1.87 bits per heavy atom. The molecule has 0 aliphatic rings. The van der Waals surface area contributed by atoms with Gasteiger partial charge in [0.05, 0.1) is 17.6 Å². The van der Waals surface area contributed by atoms with Crippen LogP contribution in [0.15, 0.2) is 18.2 Å². The highest BCUT2D eigenvalue weighted by Gasteiger charge is 2.29. The minimum absolute atomic E-state index is 0.0607. The number of hydrogen-bond acceptors (Lipinski definition) is 7. The Kier molecular flexibility index (Phi) is 10.5. The summed E-state index contributed by atoms with van der Waals surface area (Å²) in [7, 11) is 0. The number of rotatable bonds is 14. The molecule has 5 N–H and O–H groups in total. The smallest absolute Gasteiger partial charge is 0.325 e. The standard InChI is InChI=1S/C21H31N3O5S/c1-12(2)10-15(22)20(27)18-14(19(26)17(23-11-25)8-9-30-4)6-5-7-16(18)24-13(3)21(28)29/h5-7,11-13,15,17,24H,8-10,22H2,1-4H3,(H,23,25)(H,28,29). The first-order valence-electron chi connectivity index (χ1n) is 9.78. The van der Waals surface area contributed by atoms with E-state index in [0.717, 1.165) is 0 Å². The van der Waals surface area contributed by atoms with Gasteiger partial charge in [-0.1, -0.05) is 26.0 Å². The first-order valence-corrected chi connectivity index (χ1v) is 11.2. The van der Waals surface area contributed by atoms with Crippen molar-refractivity contribution in [2.45, 2.75) is 51.7 Å². The molecule has 0 heterocycles. The second-order valence-corrected chi connectivity index (χ2v) is 8.50. The number of benzene rings is 1. The van der Waals surface area contributed by atoms with Crippen LogP contribution in [0, 0.1) is 5.92 Å². The van der Waals surface area contributed by atoms with Crippen LogP contribution in [0.1, 0.15) is 54.3 Å². The number of carboxylic acids is 1. The molecule has 0 spiro atoms. The summed E-state index contributed by atoms with van der Waals surface area (Å²) in [6.45, 7) is 5.30. The zero-order valence-corrected chi connectivity index (χ0v) is 18.6. The fraction of sp³-hybridized carbons (Fsp3) is 0.524. The van der Waals surface area contributed by atoms with Crippen LogP contribution < -0.4 is 16.4 Å². The molecule has 3 unspecified atom stereocenters. The maximum atomic E-state index is 13.2. The molecule has 1 rings (SSSR count). The molecule has 0 radical (unpaired) electrons. The van der Waals surface area contributed by atoms with Crippen LogP contribution in [0.3, 0.4) is 0 Å². The predicted molar refractivity (Wildman–Crippen MR) is 119 cm³/mol. The molecule has 0 saturated carbocycles. The van der Waals surface area contributed by atoms with Gasteiger partial charge in [-0.3, -0.25) is 19.2 Å². The van der Waals surface area contributed by atoms with Crippen LogP contribution in [-0.2, 0) is 9.59 Å². The monoisotopic (exact) mass is 437 g/mol. The highest BCUT2D eigenvalue weighted by Crippen LogP contribution is 2.26. The molecule has 0 aliphatic carbocycles. The molecule has 166 valence electrons. The van der Waals surface area contributed by atoms with Crippen LogP contribution in [0.4, 0.5) is 5.69 Å². The lowest BCUT2D eigenvalue weighted by molar-refractivity contribution is -0.137. The topological polar surface area (TPSA) is 139 Å². The lowest BCUT2D eigenvalue weighted by atomic mass is 9.89. The number of aliphatic carboxylic acids is 1. The Morgan fingerprint density at radius 1 is 1.20 bits per heavy atom. The van der Waals surface area contributed by atoms with Gasteiger partial charge in [0.25, 0.3) is 0 Å².